The van der Waals surface area contributed by atoms with Gasteiger partial charge >= 0.3 is 0 Å². The summed E-state index contributed by atoms with van der Waals surface area (Å²) in [7, 11) is 0. The molecule has 0 spiro atoms. The van der Waals surface area contributed by atoms with E-state index in [1.165, 1.54) is 10.8 Å². The lowest BCUT2D eigenvalue weighted by Crippen LogP contribution is -1.99. The second-order valence-corrected chi connectivity index (χ2v) is 16.4. The van der Waals surface area contributed by atoms with Gasteiger partial charge in [-0.25, -0.2) is 9.97 Å². The van der Waals surface area contributed by atoms with E-state index in [2.05, 4.69) is 143 Å². The molecule has 3 aromatic heterocycles. The molecule has 0 saturated carbocycles. The largest absolute Gasteiger partial charge is 0.309 e. The van der Waals surface area contributed by atoms with E-state index in [1.54, 1.807) is 0 Å². The van der Waals surface area contributed by atoms with Crippen LogP contribution in [0.15, 0.2) is 218 Å². The SMILES string of the molecule is N#Cc1cc(-n2c3ccccc3c3cc(-n4c5ccccc5c5ccccc54)ccc32)cc(C#N)c1-c1ccc(-c2ccc(-c3cc(-c4ccccc4)nc(-c4ccccc4)n3)cc2)cc1. The zero-order valence-corrected chi connectivity index (χ0v) is 35.5. The fraction of sp³-hybridized carbons (Fsp3) is 0. The van der Waals surface area contributed by atoms with Crippen molar-refractivity contribution < 1.29 is 0 Å². The van der Waals surface area contributed by atoms with Crippen molar-refractivity contribution in [3.05, 3.63) is 230 Å². The van der Waals surface area contributed by atoms with Crippen LogP contribution in [0.5, 0.6) is 0 Å². The molecule has 66 heavy (non-hydrogen) atoms. The van der Waals surface area contributed by atoms with Gasteiger partial charge in [0.2, 0.25) is 0 Å². The number of hydrogen-bond acceptors (Lipinski definition) is 4. The average Bonchev–Trinajstić information content (AvgIpc) is 3.91. The van der Waals surface area contributed by atoms with Gasteiger partial charge in [0.05, 0.1) is 56.7 Å². The molecule has 306 valence electrons. The Kier molecular flexibility index (Phi) is 9.16. The molecule has 0 amide bonds. The molecule has 12 rings (SSSR count). The number of rotatable bonds is 7. The van der Waals surface area contributed by atoms with Crippen LogP contribution in [-0.2, 0) is 0 Å². The number of aromatic nitrogens is 4. The van der Waals surface area contributed by atoms with Gasteiger partial charge in [-0.3, -0.25) is 0 Å². The predicted octanol–water partition coefficient (Wildman–Crippen LogP) is 14.7. The summed E-state index contributed by atoms with van der Waals surface area (Å²) >= 11 is 0. The van der Waals surface area contributed by atoms with Crippen molar-refractivity contribution in [2.24, 2.45) is 0 Å². The second kappa shape index (κ2) is 15.8. The Bertz CT molecular complexity index is 3780. The lowest BCUT2D eigenvalue weighted by atomic mass is 9.92. The van der Waals surface area contributed by atoms with Gasteiger partial charge in [0.15, 0.2) is 5.82 Å². The first-order chi connectivity index (χ1) is 32.6. The normalized spacial score (nSPS) is 11.3. The molecule has 3 heterocycles. The van der Waals surface area contributed by atoms with E-state index in [1.807, 2.05) is 97.1 Å². The van der Waals surface area contributed by atoms with Crippen molar-refractivity contribution in [3.63, 3.8) is 0 Å². The van der Waals surface area contributed by atoms with Gasteiger partial charge < -0.3 is 9.13 Å². The molecule has 0 aliphatic carbocycles. The first-order valence-electron chi connectivity index (χ1n) is 21.8. The van der Waals surface area contributed by atoms with Gasteiger partial charge in [0.1, 0.15) is 0 Å². The van der Waals surface area contributed by atoms with E-state index >= 15 is 0 Å². The van der Waals surface area contributed by atoms with Crippen LogP contribution in [0.4, 0.5) is 0 Å². The number of benzene rings is 9. The minimum atomic E-state index is 0.434. The summed E-state index contributed by atoms with van der Waals surface area (Å²) in [5.41, 5.74) is 15.1. The Morgan fingerprint density at radius 1 is 0.318 bits per heavy atom. The summed E-state index contributed by atoms with van der Waals surface area (Å²) in [6.45, 7) is 0. The van der Waals surface area contributed by atoms with Gasteiger partial charge in [0.25, 0.3) is 0 Å². The number of para-hydroxylation sites is 3. The number of fused-ring (bicyclic) bond motifs is 6. The van der Waals surface area contributed by atoms with Crippen LogP contribution in [0.3, 0.4) is 0 Å². The van der Waals surface area contributed by atoms with E-state index in [0.29, 0.717) is 22.5 Å². The maximum Gasteiger partial charge on any atom is 0.160 e. The van der Waals surface area contributed by atoms with Crippen LogP contribution in [0.25, 0.3) is 111 Å². The summed E-state index contributed by atoms with van der Waals surface area (Å²) in [4.78, 5) is 9.93. The van der Waals surface area contributed by atoms with E-state index in [-0.39, 0.29) is 0 Å². The van der Waals surface area contributed by atoms with Crippen molar-refractivity contribution in [1.82, 2.24) is 19.1 Å². The fourth-order valence-electron chi connectivity index (χ4n) is 9.55. The molecule has 0 aliphatic rings. The Morgan fingerprint density at radius 2 is 0.727 bits per heavy atom. The van der Waals surface area contributed by atoms with Crippen LogP contribution in [0.2, 0.25) is 0 Å². The van der Waals surface area contributed by atoms with Gasteiger partial charge in [-0.1, -0.05) is 164 Å². The monoisotopic (exact) mass is 840 g/mol. The Hall–Kier alpha value is -9.36. The zero-order valence-electron chi connectivity index (χ0n) is 35.5. The molecular weight excluding hydrogens is 805 g/mol. The highest BCUT2D eigenvalue weighted by Gasteiger charge is 2.20. The first-order valence-corrected chi connectivity index (χ1v) is 21.8. The molecule has 0 atom stereocenters. The van der Waals surface area contributed by atoms with Crippen molar-refractivity contribution in [2.75, 3.05) is 0 Å². The fourth-order valence-corrected chi connectivity index (χ4v) is 9.55. The quantitative estimate of drug-likeness (QED) is 0.160. The molecule has 6 nitrogen and oxygen atoms in total. The highest BCUT2D eigenvalue weighted by molar-refractivity contribution is 6.12. The predicted molar refractivity (Wildman–Crippen MR) is 267 cm³/mol. The molecule has 0 unspecified atom stereocenters. The van der Waals surface area contributed by atoms with E-state index in [4.69, 9.17) is 9.97 Å². The van der Waals surface area contributed by atoms with Crippen LogP contribution in [0.1, 0.15) is 11.1 Å². The first kappa shape index (κ1) is 38.3. The lowest BCUT2D eigenvalue weighted by molar-refractivity contribution is 1.16. The topological polar surface area (TPSA) is 83.2 Å². The summed E-state index contributed by atoms with van der Waals surface area (Å²) in [6.07, 6.45) is 0. The van der Waals surface area contributed by atoms with Crippen LogP contribution >= 0.6 is 0 Å². The highest BCUT2D eigenvalue weighted by Crippen LogP contribution is 2.39. The third-order valence-electron chi connectivity index (χ3n) is 12.6. The Morgan fingerprint density at radius 3 is 1.26 bits per heavy atom. The average molecular weight is 841 g/mol. The van der Waals surface area contributed by atoms with Crippen molar-refractivity contribution in [3.8, 4) is 79.7 Å². The van der Waals surface area contributed by atoms with Crippen molar-refractivity contribution >= 4 is 43.6 Å². The van der Waals surface area contributed by atoms with Gasteiger partial charge in [0, 0.05) is 55.2 Å². The van der Waals surface area contributed by atoms with Crippen molar-refractivity contribution in [1.29, 1.82) is 10.5 Å². The third-order valence-corrected chi connectivity index (χ3v) is 12.6. The minimum Gasteiger partial charge on any atom is -0.309 e. The van der Waals surface area contributed by atoms with E-state index in [9.17, 15) is 10.5 Å². The van der Waals surface area contributed by atoms with Crippen molar-refractivity contribution in [2.45, 2.75) is 0 Å². The molecule has 0 fully saturated rings. The number of hydrogen-bond donors (Lipinski definition) is 0. The highest BCUT2D eigenvalue weighted by atomic mass is 15.0. The van der Waals surface area contributed by atoms with E-state index in [0.717, 1.165) is 89.0 Å². The lowest BCUT2D eigenvalue weighted by Gasteiger charge is -2.14. The third kappa shape index (κ3) is 6.41. The zero-order chi connectivity index (χ0) is 44.1. The van der Waals surface area contributed by atoms with E-state index < -0.39 is 0 Å². The molecule has 0 radical (unpaired) electrons. The maximum atomic E-state index is 10.7. The van der Waals surface area contributed by atoms with Gasteiger partial charge in [-0.15, -0.1) is 0 Å². The molecule has 12 aromatic rings. The molecule has 0 N–H and O–H groups in total. The van der Waals surface area contributed by atoms with Gasteiger partial charge in [-0.2, -0.15) is 10.5 Å². The molecule has 6 heteroatoms. The summed E-state index contributed by atoms with van der Waals surface area (Å²) in [5, 5.41) is 26.0. The minimum absolute atomic E-state index is 0.434. The summed E-state index contributed by atoms with van der Waals surface area (Å²) < 4.78 is 4.50. The number of nitrogens with zero attached hydrogens (tertiary/aromatic N) is 6. The van der Waals surface area contributed by atoms with Gasteiger partial charge in [-0.05, 0) is 71.3 Å². The summed E-state index contributed by atoms with van der Waals surface area (Å²) in [5.74, 6) is 0.674. The molecule has 0 bridgehead atoms. The molecule has 0 saturated heterocycles. The Balaban J connectivity index is 0.893. The second-order valence-electron chi connectivity index (χ2n) is 16.4. The smallest absolute Gasteiger partial charge is 0.160 e. The Labute approximate surface area is 380 Å². The standard InChI is InChI=1S/C60H36N6/c61-37-45-33-48(66-57-22-12-9-19-51(57)52-35-47(31-32-58(52)66)65-55-20-10-7-17-49(55)50-18-8-11-21-56(50)65)34-46(38-62)59(45)43-29-25-40(26-30-43)39-23-27-42(28-24-39)54-36-53(41-13-3-1-4-14-41)63-60(64-54)44-15-5-2-6-16-44/h1-36H. The molecule has 0 aliphatic heterocycles. The molecular formula is C60H36N6. The molecule has 9 aromatic carbocycles. The van der Waals surface area contributed by atoms with Crippen LogP contribution in [0, 0.1) is 22.7 Å². The maximum absolute atomic E-state index is 10.7. The van der Waals surface area contributed by atoms with Crippen LogP contribution < -0.4 is 0 Å². The summed E-state index contributed by atoms with van der Waals surface area (Å²) in [6, 6.07) is 79.5. The van der Waals surface area contributed by atoms with Crippen LogP contribution in [-0.4, -0.2) is 19.1 Å². The number of nitriles is 2.